The first kappa shape index (κ1) is 18.3. The van der Waals surface area contributed by atoms with E-state index in [9.17, 15) is 4.79 Å². The molecule has 0 spiro atoms. The van der Waals surface area contributed by atoms with Crippen LogP contribution in [-0.4, -0.2) is 20.7 Å². The Kier molecular flexibility index (Phi) is 2.91. The van der Waals surface area contributed by atoms with Crippen LogP contribution in [0.25, 0.3) is 66.0 Å². The van der Waals surface area contributed by atoms with E-state index in [1.165, 1.54) is 10.8 Å². The van der Waals surface area contributed by atoms with Crippen LogP contribution < -0.4 is 16.5 Å². The molecule has 37 heavy (non-hydrogen) atoms. The van der Waals surface area contributed by atoms with E-state index < -0.39 is 0 Å². The zero-order chi connectivity index (χ0) is 24.0. The minimum Gasteiger partial charge on any atom is -0.456 e. The van der Waals surface area contributed by atoms with Crippen molar-refractivity contribution in [3.05, 3.63) is 107 Å². The monoisotopic (exact) mass is 473 g/mol. The average molecular weight is 473 g/mol. The number of nitrogens with zero attached hydrogens (tertiary/aromatic N) is 3. The summed E-state index contributed by atoms with van der Waals surface area (Å²) in [7, 11) is 0. The summed E-state index contributed by atoms with van der Waals surface area (Å²) >= 11 is 0. The van der Waals surface area contributed by atoms with Crippen LogP contribution in [0.5, 0.6) is 0 Å². The van der Waals surface area contributed by atoms with Crippen molar-refractivity contribution >= 4 is 72.4 Å². The summed E-state index contributed by atoms with van der Waals surface area (Å²) in [6, 6.07) is 33.4. The number of benzene rings is 5. The Hall–Kier alpha value is -4.97. The topological polar surface area (TPSA) is 45.0 Å². The lowest BCUT2D eigenvalue weighted by Gasteiger charge is -2.24. The standard InChI is InChI=1S/C31H16BN3O2/c36-31-19-10-2-5-12-23(19)35-32-27-24(13-7-14-25(27)34(31)35)33-22-11-4-1-8-17(22)20-16-21-18-9-3-6-15-26(18)37-30(21)28(32)29(20)33/h1-16H. The molecule has 0 saturated heterocycles. The van der Waals surface area contributed by atoms with Crippen molar-refractivity contribution in [2.75, 3.05) is 0 Å². The SMILES string of the molecule is O=c1c2ccccc2n2n1-c1cccc3c1B2c1c2oc4ccccc4c2cc2c4ccccc4n-3c12. The number of rotatable bonds is 0. The first-order chi connectivity index (χ1) is 18.3. The van der Waals surface area contributed by atoms with Gasteiger partial charge in [-0.1, -0.05) is 54.6 Å². The van der Waals surface area contributed by atoms with Gasteiger partial charge in [0.15, 0.2) is 0 Å². The molecule has 6 heteroatoms. The van der Waals surface area contributed by atoms with E-state index in [2.05, 4.69) is 75.9 Å². The van der Waals surface area contributed by atoms with Gasteiger partial charge in [0.25, 0.3) is 5.56 Å². The van der Waals surface area contributed by atoms with Gasteiger partial charge >= 0.3 is 6.85 Å². The predicted octanol–water partition coefficient (Wildman–Crippen LogP) is 5.07. The molecule has 170 valence electrons. The molecule has 2 aliphatic rings. The molecule has 2 aliphatic heterocycles. The van der Waals surface area contributed by atoms with Crippen molar-refractivity contribution in [2.45, 2.75) is 0 Å². The van der Waals surface area contributed by atoms with Crippen LogP contribution in [0.4, 0.5) is 0 Å². The van der Waals surface area contributed by atoms with Crippen LogP contribution in [0.1, 0.15) is 0 Å². The zero-order valence-electron chi connectivity index (χ0n) is 19.5. The molecule has 0 atom stereocenters. The second-order valence-corrected chi connectivity index (χ2v) is 10.1. The largest absolute Gasteiger partial charge is 0.456 e. The van der Waals surface area contributed by atoms with E-state index in [4.69, 9.17) is 4.42 Å². The molecule has 0 amide bonds. The number of aromatic nitrogens is 3. The van der Waals surface area contributed by atoms with Crippen molar-refractivity contribution in [1.29, 1.82) is 0 Å². The van der Waals surface area contributed by atoms with Crippen molar-refractivity contribution in [1.82, 2.24) is 13.8 Å². The third-order valence-corrected chi connectivity index (χ3v) is 8.45. The van der Waals surface area contributed by atoms with Crippen LogP contribution >= 0.6 is 0 Å². The Bertz CT molecular complexity index is 2400. The van der Waals surface area contributed by atoms with Gasteiger partial charge in [-0.05, 0) is 42.5 Å². The Balaban J connectivity index is 1.54. The first-order valence-electron chi connectivity index (χ1n) is 12.5. The van der Waals surface area contributed by atoms with Gasteiger partial charge in [0.1, 0.15) is 11.2 Å². The lowest BCUT2D eigenvalue weighted by atomic mass is 9.49. The summed E-state index contributed by atoms with van der Waals surface area (Å²) in [5, 5.41) is 5.38. The Morgan fingerprint density at radius 1 is 0.622 bits per heavy atom. The normalized spacial score (nSPS) is 13.5. The third kappa shape index (κ3) is 1.88. The molecule has 10 rings (SSSR count). The van der Waals surface area contributed by atoms with E-state index in [0.717, 1.165) is 66.2 Å². The van der Waals surface area contributed by atoms with E-state index in [1.807, 2.05) is 35.0 Å². The number of furan rings is 1. The fourth-order valence-electron chi connectivity index (χ4n) is 7.08. The molecule has 3 aromatic heterocycles. The summed E-state index contributed by atoms with van der Waals surface area (Å²) in [4.78, 5) is 13.8. The molecule has 0 saturated carbocycles. The summed E-state index contributed by atoms with van der Waals surface area (Å²) in [5.41, 5.74) is 9.36. The van der Waals surface area contributed by atoms with E-state index >= 15 is 0 Å². The highest BCUT2D eigenvalue weighted by molar-refractivity contribution is 6.90. The van der Waals surface area contributed by atoms with Crippen LogP contribution in [0.15, 0.2) is 106 Å². The van der Waals surface area contributed by atoms with Crippen LogP contribution in [-0.2, 0) is 0 Å². The number of hydrogen-bond donors (Lipinski definition) is 0. The predicted molar refractivity (Wildman–Crippen MR) is 150 cm³/mol. The zero-order valence-corrected chi connectivity index (χ0v) is 19.5. The molecule has 5 nitrogen and oxygen atoms in total. The molecule has 0 radical (unpaired) electrons. The second kappa shape index (κ2) is 5.87. The lowest BCUT2D eigenvalue weighted by molar-refractivity contribution is 0.671. The quantitative estimate of drug-likeness (QED) is 0.289. The Labute approximate surface area is 209 Å². The van der Waals surface area contributed by atoms with Gasteiger partial charge < -0.3 is 13.6 Å². The molecule has 8 aromatic rings. The highest BCUT2D eigenvalue weighted by Gasteiger charge is 2.45. The molecular weight excluding hydrogens is 457 g/mol. The molecule has 0 N–H and O–H groups in total. The fourth-order valence-corrected chi connectivity index (χ4v) is 7.08. The van der Waals surface area contributed by atoms with Crippen molar-refractivity contribution in [2.24, 2.45) is 0 Å². The summed E-state index contributed by atoms with van der Waals surface area (Å²) in [6.45, 7) is -0.178. The van der Waals surface area contributed by atoms with E-state index in [-0.39, 0.29) is 12.4 Å². The van der Waals surface area contributed by atoms with Crippen molar-refractivity contribution in [3.8, 4) is 11.4 Å². The van der Waals surface area contributed by atoms with Gasteiger partial charge in [0, 0.05) is 38.2 Å². The second-order valence-electron chi connectivity index (χ2n) is 10.1. The maximum atomic E-state index is 13.8. The van der Waals surface area contributed by atoms with Crippen molar-refractivity contribution < 1.29 is 4.42 Å². The molecule has 5 aromatic carbocycles. The van der Waals surface area contributed by atoms with Gasteiger partial charge in [-0.3, -0.25) is 4.79 Å². The van der Waals surface area contributed by atoms with Crippen LogP contribution in [0.2, 0.25) is 0 Å². The Morgan fingerprint density at radius 2 is 1.35 bits per heavy atom. The first-order valence-corrected chi connectivity index (χ1v) is 12.5. The van der Waals surface area contributed by atoms with Crippen LogP contribution in [0.3, 0.4) is 0 Å². The minimum atomic E-state index is -0.178. The Morgan fingerprint density at radius 3 is 2.24 bits per heavy atom. The molecule has 0 aliphatic carbocycles. The maximum Gasteiger partial charge on any atom is 0.357 e. The molecule has 0 bridgehead atoms. The maximum absolute atomic E-state index is 13.8. The van der Waals surface area contributed by atoms with Gasteiger partial charge in [-0.15, -0.1) is 0 Å². The summed E-state index contributed by atoms with van der Waals surface area (Å²) in [5.74, 6) is 0. The summed E-state index contributed by atoms with van der Waals surface area (Å²) < 4.78 is 13.1. The lowest BCUT2D eigenvalue weighted by Crippen LogP contribution is -2.51. The molecule has 0 fully saturated rings. The number of hydrogen-bond acceptors (Lipinski definition) is 2. The average Bonchev–Trinajstić information content (AvgIpc) is 3.66. The minimum absolute atomic E-state index is 0.0148. The number of para-hydroxylation sites is 3. The van der Waals surface area contributed by atoms with E-state index in [1.54, 1.807) is 0 Å². The highest BCUT2D eigenvalue weighted by atomic mass is 16.3. The van der Waals surface area contributed by atoms with Gasteiger partial charge in [-0.25, -0.2) is 4.68 Å². The molecule has 0 unspecified atom stereocenters. The van der Waals surface area contributed by atoms with Gasteiger partial charge in [-0.2, -0.15) is 0 Å². The van der Waals surface area contributed by atoms with Crippen LogP contribution in [0, 0.1) is 0 Å². The van der Waals surface area contributed by atoms with E-state index in [0.29, 0.717) is 0 Å². The van der Waals surface area contributed by atoms with Gasteiger partial charge in [0.05, 0.1) is 27.6 Å². The van der Waals surface area contributed by atoms with Crippen molar-refractivity contribution in [3.63, 3.8) is 0 Å². The third-order valence-electron chi connectivity index (χ3n) is 8.45. The van der Waals surface area contributed by atoms with Gasteiger partial charge in [0.2, 0.25) is 0 Å². The number of fused-ring (bicyclic) bond motifs is 14. The molecule has 5 heterocycles. The molecular formula is C31H16BN3O2. The highest BCUT2D eigenvalue weighted by Crippen LogP contribution is 2.40. The summed E-state index contributed by atoms with van der Waals surface area (Å²) in [6.07, 6.45) is 0. The smallest absolute Gasteiger partial charge is 0.357 e. The fraction of sp³-hybridized carbons (Fsp3) is 0.